The molecule has 0 spiro atoms. The number of carbonyl (C=O) groups excluding carboxylic acids is 2. The Balaban J connectivity index is 3.15. The molecule has 0 aliphatic carbocycles. The zero-order valence-corrected chi connectivity index (χ0v) is 10.2. The summed E-state index contributed by atoms with van der Waals surface area (Å²) in [7, 11) is 1.15. The van der Waals surface area contributed by atoms with Gasteiger partial charge in [-0.2, -0.15) is 10.4 Å². The summed E-state index contributed by atoms with van der Waals surface area (Å²) in [4.78, 5) is 22.2. The molecule has 0 saturated heterocycles. The van der Waals surface area contributed by atoms with Crippen LogP contribution in [0.1, 0.15) is 11.5 Å². The van der Waals surface area contributed by atoms with Crippen molar-refractivity contribution in [3.05, 3.63) is 35.9 Å². The number of amides is 2. The van der Waals surface area contributed by atoms with Crippen LogP contribution in [0.25, 0.3) is 0 Å². The predicted molar refractivity (Wildman–Crippen MR) is 67.0 cm³/mol. The lowest BCUT2D eigenvalue weighted by molar-refractivity contribution is -0.132. The van der Waals surface area contributed by atoms with Gasteiger partial charge in [-0.1, -0.05) is 30.3 Å². The minimum atomic E-state index is -0.958. The highest BCUT2D eigenvalue weighted by Gasteiger charge is 2.25. The number of esters is 1. The number of rotatable bonds is 4. The first-order valence-corrected chi connectivity index (χ1v) is 5.26. The molecule has 0 fully saturated rings. The smallest absolute Gasteiger partial charge is 0.355 e. The number of urea groups is 1. The van der Waals surface area contributed by atoms with E-state index in [1.807, 2.05) is 11.5 Å². The molecule has 1 aromatic carbocycles. The predicted octanol–water partition coefficient (Wildman–Crippen LogP) is 0.491. The number of hydrogen-bond donors (Lipinski definition) is 2. The second-order valence-corrected chi connectivity index (χ2v) is 3.44. The highest BCUT2D eigenvalue weighted by Crippen LogP contribution is 2.17. The van der Waals surface area contributed by atoms with E-state index in [0.29, 0.717) is 5.56 Å². The number of ether oxygens (including phenoxy) is 1. The lowest BCUT2D eigenvalue weighted by Gasteiger charge is -2.10. The summed E-state index contributed by atoms with van der Waals surface area (Å²) >= 11 is 0. The molecule has 7 nitrogen and oxygen atoms in total. The summed E-state index contributed by atoms with van der Waals surface area (Å²) < 4.78 is 4.54. The Morgan fingerprint density at radius 1 is 1.42 bits per heavy atom. The largest absolute Gasteiger partial charge is 0.464 e. The molecular formula is C12H12N4O3. The monoisotopic (exact) mass is 260 g/mol. The van der Waals surface area contributed by atoms with E-state index in [2.05, 4.69) is 9.84 Å². The van der Waals surface area contributed by atoms with Gasteiger partial charge in [0.25, 0.3) is 0 Å². The van der Waals surface area contributed by atoms with Crippen molar-refractivity contribution in [3.8, 4) is 6.07 Å². The molecule has 1 atom stereocenters. The summed E-state index contributed by atoms with van der Waals surface area (Å²) in [5.74, 6) is -1.77. The fraction of sp³-hybridized carbons (Fsp3) is 0.167. The Hall–Kier alpha value is -2.88. The number of benzene rings is 1. The molecule has 0 saturated carbocycles. The summed E-state index contributed by atoms with van der Waals surface area (Å²) in [5.41, 5.74) is 7.11. The van der Waals surface area contributed by atoms with Crippen LogP contribution in [-0.4, -0.2) is 24.8 Å². The average Bonchev–Trinajstić information content (AvgIpc) is 2.43. The van der Waals surface area contributed by atoms with Crippen molar-refractivity contribution >= 4 is 17.7 Å². The van der Waals surface area contributed by atoms with Crippen LogP contribution in [0.4, 0.5) is 4.79 Å². The van der Waals surface area contributed by atoms with Crippen LogP contribution in [0.3, 0.4) is 0 Å². The highest BCUT2D eigenvalue weighted by atomic mass is 16.5. The molecule has 1 unspecified atom stereocenters. The van der Waals surface area contributed by atoms with Crippen LogP contribution in [0.5, 0.6) is 0 Å². The lowest BCUT2D eigenvalue weighted by Crippen LogP contribution is -2.31. The van der Waals surface area contributed by atoms with Gasteiger partial charge in [0.15, 0.2) is 5.71 Å². The van der Waals surface area contributed by atoms with Gasteiger partial charge in [0.2, 0.25) is 0 Å². The molecule has 0 aromatic heterocycles. The van der Waals surface area contributed by atoms with E-state index in [-0.39, 0.29) is 5.71 Å². The van der Waals surface area contributed by atoms with Crippen molar-refractivity contribution in [2.24, 2.45) is 10.8 Å². The number of nitrogens with zero attached hydrogens (tertiary/aromatic N) is 2. The van der Waals surface area contributed by atoms with Gasteiger partial charge in [-0.05, 0) is 5.56 Å². The highest BCUT2D eigenvalue weighted by molar-refractivity contribution is 6.39. The normalized spacial score (nSPS) is 12.1. The van der Waals surface area contributed by atoms with E-state index in [9.17, 15) is 14.9 Å². The van der Waals surface area contributed by atoms with Crippen LogP contribution in [0.2, 0.25) is 0 Å². The van der Waals surface area contributed by atoms with E-state index in [1.165, 1.54) is 0 Å². The molecular weight excluding hydrogens is 248 g/mol. The molecule has 98 valence electrons. The molecule has 2 amide bonds. The van der Waals surface area contributed by atoms with Gasteiger partial charge < -0.3 is 10.5 Å². The van der Waals surface area contributed by atoms with E-state index in [0.717, 1.165) is 7.11 Å². The van der Waals surface area contributed by atoms with Gasteiger partial charge in [0.05, 0.1) is 13.2 Å². The molecule has 7 heteroatoms. The maximum atomic E-state index is 11.6. The molecule has 1 aromatic rings. The van der Waals surface area contributed by atoms with Crippen molar-refractivity contribution in [2.45, 2.75) is 5.92 Å². The third-order valence-electron chi connectivity index (χ3n) is 2.22. The number of hydrogen-bond acceptors (Lipinski definition) is 5. The summed E-state index contributed by atoms with van der Waals surface area (Å²) in [5, 5.41) is 12.7. The first kappa shape index (κ1) is 14.2. The van der Waals surface area contributed by atoms with Crippen LogP contribution in [0, 0.1) is 11.3 Å². The minimum Gasteiger partial charge on any atom is -0.464 e. The van der Waals surface area contributed by atoms with Crippen LogP contribution < -0.4 is 11.2 Å². The maximum absolute atomic E-state index is 11.6. The summed E-state index contributed by atoms with van der Waals surface area (Å²) in [6, 6.07) is 9.53. The van der Waals surface area contributed by atoms with Crippen molar-refractivity contribution in [1.82, 2.24) is 5.43 Å². The van der Waals surface area contributed by atoms with Crippen LogP contribution in [0.15, 0.2) is 35.4 Å². The third kappa shape index (κ3) is 3.81. The number of carbonyl (C=O) groups is 2. The van der Waals surface area contributed by atoms with Gasteiger partial charge >= 0.3 is 12.0 Å². The molecule has 3 N–H and O–H groups in total. The number of nitrogens with one attached hydrogen (secondary N) is 1. The van der Waals surface area contributed by atoms with E-state index >= 15 is 0 Å². The Morgan fingerprint density at radius 2 is 2.05 bits per heavy atom. The molecule has 0 aliphatic heterocycles. The third-order valence-corrected chi connectivity index (χ3v) is 2.22. The summed E-state index contributed by atoms with van der Waals surface area (Å²) in [6.07, 6.45) is 0. The van der Waals surface area contributed by atoms with Gasteiger partial charge in [-0.3, -0.25) is 0 Å². The standard InChI is InChI=1S/C12H12N4O3/c1-19-11(17)10(15-16-12(14)18)9(7-13)8-5-3-2-4-6-8/h2-6,9H,1H3,(H3,14,16,18)/b15-10+. The molecule has 0 bridgehead atoms. The summed E-state index contributed by atoms with van der Waals surface area (Å²) in [6.45, 7) is 0. The van der Waals surface area contributed by atoms with E-state index in [4.69, 9.17) is 5.73 Å². The second kappa shape index (κ2) is 6.76. The number of nitriles is 1. The zero-order valence-electron chi connectivity index (χ0n) is 10.2. The second-order valence-electron chi connectivity index (χ2n) is 3.44. The Labute approximate surface area is 109 Å². The number of hydrazone groups is 1. The van der Waals surface area contributed by atoms with Crippen molar-refractivity contribution < 1.29 is 14.3 Å². The van der Waals surface area contributed by atoms with Gasteiger partial charge in [0, 0.05) is 0 Å². The lowest BCUT2D eigenvalue weighted by atomic mass is 9.95. The van der Waals surface area contributed by atoms with Crippen molar-refractivity contribution in [2.75, 3.05) is 7.11 Å². The molecule has 19 heavy (non-hydrogen) atoms. The van der Waals surface area contributed by atoms with Crippen LogP contribution >= 0.6 is 0 Å². The zero-order chi connectivity index (χ0) is 14.3. The molecule has 0 radical (unpaired) electrons. The quantitative estimate of drug-likeness (QED) is 0.465. The average molecular weight is 260 g/mol. The fourth-order valence-corrected chi connectivity index (χ4v) is 1.39. The number of methoxy groups -OCH3 is 1. The number of nitrogens with two attached hydrogens (primary N) is 1. The molecule has 0 heterocycles. The van der Waals surface area contributed by atoms with Crippen molar-refractivity contribution in [1.29, 1.82) is 5.26 Å². The fourth-order valence-electron chi connectivity index (χ4n) is 1.39. The minimum absolute atomic E-state index is 0.241. The molecule has 0 aliphatic rings. The van der Waals surface area contributed by atoms with Crippen molar-refractivity contribution in [3.63, 3.8) is 0 Å². The topological polar surface area (TPSA) is 118 Å². The van der Waals surface area contributed by atoms with Gasteiger partial charge in [0.1, 0.15) is 5.92 Å². The SMILES string of the molecule is COC(=O)/C(=N/NC(N)=O)C(C#N)c1ccccc1. The first-order valence-electron chi connectivity index (χ1n) is 5.26. The Kier molecular flexibility index (Phi) is 5.04. The number of primary amides is 1. The Morgan fingerprint density at radius 3 is 2.53 bits per heavy atom. The van der Waals surface area contributed by atoms with E-state index in [1.54, 1.807) is 30.3 Å². The van der Waals surface area contributed by atoms with E-state index < -0.39 is 17.9 Å². The van der Waals surface area contributed by atoms with Gasteiger partial charge in [-0.25, -0.2) is 15.0 Å². The molecule has 1 rings (SSSR count). The van der Waals surface area contributed by atoms with Gasteiger partial charge in [-0.15, -0.1) is 0 Å². The Bertz CT molecular complexity index is 534. The first-order chi connectivity index (χ1) is 9.10. The van der Waals surface area contributed by atoms with Crippen LogP contribution in [-0.2, 0) is 9.53 Å². The maximum Gasteiger partial charge on any atom is 0.355 e.